The first-order valence-electron chi connectivity index (χ1n) is 9.82. The normalized spacial score (nSPS) is 15.9. The van der Waals surface area contributed by atoms with Crippen molar-refractivity contribution in [2.75, 3.05) is 19.0 Å². The number of carbonyl (C=O) groups is 2. The molecule has 0 unspecified atom stereocenters. The highest BCUT2D eigenvalue weighted by molar-refractivity contribution is 5.97. The van der Waals surface area contributed by atoms with Gasteiger partial charge in [0.05, 0.1) is 12.7 Å². The second-order valence-electron chi connectivity index (χ2n) is 7.24. The molecule has 7 nitrogen and oxygen atoms in total. The lowest BCUT2D eigenvalue weighted by atomic mass is 10.2. The molecule has 7 heteroatoms. The van der Waals surface area contributed by atoms with Crippen molar-refractivity contribution in [1.29, 1.82) is 0 Å². The van der Waals surface area contributed by atoms with Gasteiger partial charge >= 0.3 is 0 Å². The van der Waals surface area contributed by atoms with E-state index in [9.17, 15) is 9.59 Å². The van der Waals surface area contributed by atoms with Crippen molar-refractivity contribution in [3.8, 4) is 17.2 Å². The summed E-state index contributed by atoms with van der Waals surface area (Å²) in [5.74, 6) is 0.881. The Labute approximate surface area is 169 Å². The number of para-hydroxylation sites is 1. The van der Waals surface area contributed by atoms with E-state index in [4.69, 9.17) is 14.2 Å². The third-order valence-corrected chi connectivity index (χ3v) is 5.17. The molecule has 4 rings (SSSR count). The van der Waals surface area contributed by atoms with E-state index in [1.54, 1.807) is 36.4 Å². The molecular weight excluding hydrogens is 372 g/mol. The van der Waals surface area contributed by atoms with Gasteiger partial charge in [0.2, 0.25) is 5.91 Å². The van der Waals surface area contributed by atoms with E-state index in [0.717, 1.165) is 25.7 Å². The third-order valence-electron chi connectivity index (χ3n) is 5.17. The molecule has 1 heterocycles. The summed E-state index contributed by atoms with van der Waals surface area (Å²) in [6.45, 7) is 0.219. The summed E-state index contributed by atoms with van der Waals surface area (Å²) >= 11 is 0. The first-order chi connectivity index (χ1) is 14.1. The zero-order valence-corrected chi connectivity index (χ0v) is 16.3. The van der Waals surface area contributed by atoms with Crippen molar-refractivity contribution >= 4 is 17.5 Å². The summed E-state index contributed by atoms with van der Waals surface area (Å²) < 4.78 is 17.2. The Morgan fingerprint density at radius 2 is 1.83 bits per heavy atom. The number of benzene rings is 2. The van der Waals surface area contributed by atoms with Crippen LogP contribution in [0.3, 0.4) is 0 Å². The van der Waals surface area contributed by atoms with Crippen LogP contribution in [0, 0.1) is 0 Å². The summed E-state index contributed by atoms with van der Waals surface area (Å²) in [4.78, 5) is 24.5. The molecule has 2 amide bonds. The Morgan fingerprint density at radius 1 is 1.07 bits per heavy atom. The summed E-state index contributed by atoms with van der Waals surface area (Å²) in [5.41, 5.74) is 1.08. The van der Waals surface area contributed by atoms with Crippen molar-refractivity contribution in [2.45, 2.75) is 37.9 Å². The highest BCUT2D eigenvalue weighted by Gasteiger charge is 2.44. The maximum absolute atomic E-state index is 12.3. The van der Waals surface area contributed by atoms with E-state index in [1.807, 2.05) is 6.07 Å². The van der Waals surface area contributed by atoms with Gasteiger partial charge in [-0.05, 0) is 37.1 Å². The molecule has 1 saturated carbocycles. The van der Waals surface area contributed by atoms with Crippen molar-refractivity contribution in [3.05, 3.63) is 48.0 Å². The largest absolute Gasteiger partial charge is 0.496 e. The molecule has 2 N–H and O–H groups in total. The second-order valence-corrected chi connectivity index (χ2v) is 7.24. The van der Waals surface area contributed by atoms with Gasteiger partial charge in [-0.2, -0.15) is 0 Å². The lowest BCUT2D eigenvalue weighted by Crippen LogP contribution is -2.34. The average molecular weight is 396 g/mol. The molecular formula is C22H24N2O5. The Kier molecular flexibility index (Phi) is 5.29. The Morgan fingerprint density at radius 3 is 2.62 bits per heavy atom. The molecule has 29 heavy (non-hydrogen) atoms. The van der Waals surface area contributed by atoms with Gasteiger partial charge in [0.15, 0.2) is 11.5 Å². The second kappa shape index (κ2) is 8.03. The van der Waals surface area contributed by atoms with Gasteiger partial charge in [-0.15, -0.1) is 0 Å². The Balaban J connectivity index is 1.28. The highest BCUT2D eigenvalue weighted by Crippen LogP contribution is 2.47. The number of amides is 2. The van der Waals surface area contributed by atoms with E-state index in [0.29, 0.717) is 28.5 Å². The number of fused-ring (bicyclic) bond motifs is 1. The lowest BCUT2D eigenvalue weighted by Gasteiger charge is -2.21. The predicted molar refractivity (Wildman–Crippen MR) is 107 cm³/mol. The molecule has 1 aliphatic heterocycles. The van der Waals surface area contributed by atoms with Crippen LogP contribution in [0.1, 0.15) is 42.5 Å². The van der Waals surface area contributed by atoms with Gasteiger partial charge in [0, 0.05) is 37.6 Å². The third kappa shape index (κ3) is 4.13. The van der Waals surface area contributed by atoms with E-state index in [1.165, 1.54) is 7.11 Å². The number of methoxy groups -OCH3 is 1. The van der Waals surface area contributed by atoms with Gasteiger partial charge in [-0.1, -0.05) is 12.1 Å². The molecule has 2 aromatic rings. The van der Waals surface area contributed by atoms with Gasteiger partial charge in [0.25, 0.3) is 11.7 Å². The number of hydrogen-bond acceptors (Lipinski definition) is 5. The lowest BCUT2D eigenvalue weighted by molar-refractivity contribution is -0.116. The minimum atomic E-state index is -0.520. The minimum absolute atomic E-state index is 0.152. The predicted octanol–water partition coefficient (Wildman–Crippen LogP) is 3.50. The van der Waals surface area contributed by atoms with Crippen LogP contribution in [0.5, 0.6) is 17.2 Å². The maximum atomic E-state index is 12.3. The van der Waals surface area contributed by atoms with Crippen LogP contribution in [-0.4, -0.2) is 31.3 Å². The number of nitrogens with one attached hydrogen (secondary N) is 2. The van der Waals surface area contributed by atoms with Gasteiger partial charge in [0.1, 0.15) is 5.75 Å². The fourth-order valence-electron chi connectivity index (χ4n) is 3.73. The van der Waals surface area contributed by atoms with Crippen LogP contribution in [0.15, 0.2) is 42.5 Å². The average Bonchev–Trinajstić information content (AvgIpc) is 3.33. The fourth-order valence-corrected chi connectivity index (χ4v) is 3.73. The molecule has 152 valence electrons. The van der Waals surface area contributed by atoms with E-state index in [2.05, 4.69) is 10.6 Å². The standard InChI is InChI=1S/C22H24N2O5/c1-27-17-7-3-2-6-16(17)21(26)23-13-10-20(25)24-15-8-9-18-19(14-15)29-22(28-18)11-4-5-12-22/h2-3,6-9,14H,4-5,10-13H2,1H3,(H,23,26)(H,24,25). The molecule has 2 aromatic carbocycles. The quantitative estimate of drug-likeness (QED) is 0.781. The van der Waals surface area contributed by atoms with Crippen molar-refractivity contribution in [2.24, 2.45) is 0 Å². The SMILES string of the molecule is COc1ccccc1C(=O)NCCC(=O)Nc1ccc2c(c1)OC1(CCCC1)O2. The molecule has 0 bridgehead atoms. The summed E-state index contributed by atoms with van der Waals surface area (Å²) in [5, 5.41) is 5.58. The first kappa shape index (κ1) is 19.1. The number of hydrogen-bond donors (Lipinski definition) is 2. The van der Waals surface area contributed by atoms with Crippen LogP contribution < -0.4 is 24.8 Å². The fraction of sp³-hybridized carbons (Fsp3) is 0.364. The van der Waals surface area contributed by atoms with Crippen molar-refractivity contribution in [1.82, 2.24) is 5.32 Å². The number of anilines is 1. The number of rotatable bonds is 6. The van der Waals surface area contributed by atoms with Gasteiger partial charge < -0.3 is 24.8 Å². The monoisotopic (exact) mass is 396 g/mol. The van der Waals surface area contributed by atoms with Crippen LogP contribution in [0.2, 0.25) is 0 Å². The zero-order valence-electron chi connectivity index (χ0n) is 16.3. The number of carbonyl (C=O) groups excluding carboxylic acids is 2. The molecule has 0 saturated heterocycles. The summed E-state index contributed by atoms with van der Waals surface area (Å²) in [7, 11) is 1.51. The van der Waals surface area contributed by atoms with Crippen molar-refractivity contribution in [3.63, 3.8) is 0 Å². The summed E-state index contributed by atoms with van der Waals surface area (Å²) in [6.07, 6.45) is 4.11. The Bertz CT molecular complexity index is 921. The zero-order chi connectivity index (χ0) is 20.3. The van der Waals surface area contributed by atoms with Crippen LogP contribution in [0.25, 0.3) is 0 Å². The van der Waals surface area contributed by atoms with Crippen LogP contribution >= 0.6 is 0 Å². The highest BCUT2D eigenvalue weighted by atomic mass is 16.7. The first-order valence-corrected chi connectivity index (χ1v) is 9.82. The van der Waals surface area contributed by atoms with E-state index in [-0.39, 0.29) is 24.8 Å². The molecule has 0 radical (unpaired) electrons. The van der Waals surface area contributed by atoms with E-state index < -0.39 is 5.79 Å². The molecule has 1 fully saturated rings. The number of ether oxygens (including phenoxy) is 3. The molecule has 1 aliphatic carbocycles. The molecule has 0 aromatic heterocycles. The van der Waals surface area contributed by atoms with E-state index >= 15 is 0 Å². The molecule has 1 spiro atoms. The summed E-state index contributed by atoms with van der Waals surface area (Å²) in [6, 6.07) is 12.4. The Hall–Kier alpha value is -3.22. The van der Waals surface area contributed by atoms with Crippen LogP contribution in [0.4, 0.5) is 5.69 Å². The molecule has 0 atom stereocenters. The van der Waals surface area contributed by atoms with Crippen LogP contribution in [-0.2, 0) is 4.79 Å². The smallest absolute Gasteiger partial charge is 0.255 e. The van der Waals surface area contributed by atoms with Crippen molar-refractivity contribution < 1.29 is 23.8 Å². The van der Waals surface area contributed by atoms with Gasteiger partial charge in [-0.25, -0.2) is 0 Å². The van der Waals surface area contributed by atoms with Gasteiger partial charge in [-0.3, -0.25) is 9.59 Å². The topological polar surface area (TPSA) is 85.9 Å². The molecule has 2 aliphatic rings. The maximum Gasteiger partial charge on any atom is 0.255 e. The minimum Gasteiger partial charge on any atom is -0.496 e.